The SMILES string of the molecule is NC(Cc1cc(Br)cc(CCF)c1)C(=O)O. The molecule has 5 heteroatoms. The summed E-state index contributed by atoms with van der Waals surface area (Å²) < 4.78 is 13.0. The van der Waals surface area contributed by atoms with E-state index in [4.69, 9.17) is 10.8 Å². The molecule has 3 nitrogen and oxygen atoms in total. The molecule has 1 aromatic rings. The summed E-state index contributed by atoms with van der Waals surface area (Å²) in [6.45, 7) is -0.430. The van der Waals surface area contributed by atoms with Gasteiger partial charge in [0.25, 0.3) is 0 Å². The van der Waals surface area contributed by atoms with E-state index < -0.39 is 18.7 Å². The van der Waals surface area contributed by atoms with Crippen molar-refractivity contribution in [2.75, 3.05) is 6.67 Å². The van der Waals surface area contributed by atoms with Crippen LogP contribution in [0.4, 0.5) is 4.39 Å². The Morgan fingerprint density at radius 3 is 2.62 bits per heavy atom. The summed E-state index contributed by atoms with van der Waals surface area (Å²) in [6, 6.07) is 4.47. The summed E-state index contributed by atoms with van der Waals surface area (Å²) in [5.41, 5.74) is 7.07. The predicted octanol–water partition coefficient (Wildman–Crippen LogP) is 1.92. The molecule has 0 radical (unpaired) electrons. The van der Waals surface area contributed by atoms with Crippen molar-refractivity contribution < 1.29 is 14.3 Å². The van der Waals surface area contributed by atoms with E-state index in [1.165, 1.54) is 0 Å². The molecule has 0 heterocycles. The van der Waals surface area contributed by atoms with Crippen LogP contribution in [0, 0.1) is 0 Å². The Balaban J connectivity index is 2.83. The minimum atomic E-state index is -1.04. The van der Waals surface area contributed by atoms with Crippen molar-refractivity contribution in [2.45, 2.75) is 18.9 Å². The number of rotatable bonds is 5. The zero-order valence-corrected chi connectivity index (χ0v) is 10.2. The molecule has 1 rings (SSSR count). The normalized spacial score (nSPS) is 12.4. The van der Waals surface area contributed by atoms with Gasteiger partial charge in [-0.15, -0.1) is 0 Å². The maximum atomic E-state index is 12.2. The smallest absolute Gasteiger partial charge is 0.320 e. The van der Waals surface area contributed by atoms with Crippen LogP contribution in [-0.4, -0.2) is 23.8 Å². The fraction of sp³-hybridized carbons (Fsp3) is 0.364. The summed E-state index contributed by atoms with van der Waals surface area (Å²) in [4.78, 5) is 10.6. The van der Waals surface area contributed by atoms with Crippen LogP contribution in [0.5, 0.6) is 0 Å². The molecule has 0 saturated heterocycles. The zero-order chi connectivity index (χ0) is 12.1. The van der Waals surface area contributed by atoms with Crippen molar-refractivity contribution >= 4 is 21.9 Å². The first-order valence-corrected chi connectivity index (χ1v) is 5.65. The number of hydrogen-bond acceptors (Lipinski definition) is 2. The number of halogens is 2. The average molecular weight is 290 g/mol. The Kier molecular flexibility index (Phi) is 4.89. The fourth-order valence-electron chi connectivity index (χ4n) is 1.43. The molecule has 88 valence electrons. The zero-order valence-electron chi connectivity index (χ0n) is 8.62. The second kappa shape index (κ2) is 5.96. The number of alkyl halides is 1. The van der Waals surface area contributed by atoms with Crippen LogP contribution in [-0.2, 0) is 17.6 Å². The topological polar surface area (TPSA) is 63.3 Å². The molecule has 3 N–H and O–H groups in total. The van der Waals surface area contributed by atoms with Crippen molar-refractivity contribution in [2.24, 2.45) is 5.73 Å². The summed E-state index contributed by atoms with van der Waals surface area (Å²) in [5.74, 6) is -1.04. The molecule has 0 aliphatic heterocycles. The molecule has 0 fully saturated rings. The number of hydrogen-bond donors (Lipinski definition) is 2. The molecule has 0 aliphatic rings. The van der Waals surface area contributed by atoms with E-state index in [9.17, 15) is 9.18 Å². The predicted molar refractivity (Wildman–Crippen MR) is 63.1 cm³/mol. The second-order valence-electron chi connectivity index (χ2n) is 3.56. The van der Waals surface area contributed by atoms with E-state index in [1.807, 2.05) is 6.07 Å². The van der Waals surface area contributed by atoms with Gasteiger partial charge >= 0.3 is 5.97 Å². The van der Waals surface area contributed by atoms with Crippen LogP contribution in [0.25, 0.3) is 0 Å². The quantitative estimate of drug-likeness (QED) is 0.870. The largest absolute Gasteiger partial charge is 0.480 e. The van der Waals surface area contributed by atoms with Crippen molar-refractivity contribution in [3.63, 3.8) is 0 Å². The third-order valence-electron chi connectivity index (χ3n) is 2.17. The first kappa shape index (κ1) is 13.1. The number of carboxylic acids is 1. The number of carboxylic acid groups (broad SMARTS) is 1. The Labute approximate surface area is 102 Å². The third-order valence-corrected chi connectivity index (χ3v) is 2.63. The highest BCUT2D eigenvalue weighted by Gasteiger charge is 2.12. The second-order valence-corrected chi connectivity index (χ2v) is 4.47. The van der Waals surface area contributed by atoms with E-state index in [0.717, 1.165) is 15.6 Å². The van der Waals surface area contributed by atoms with Gasteiger partial charge in [0.05, 0.1) is 6.67 Å². The standard InChI is InChI=1S/C11H13BrFNO2/c12-9-4-7(1-2-13)3-8(5-9)6-10(14)11(15)16/h3-5,10H,1-2,6,14H2,(H,15,16). The van der Waals surface area contributed by atoms with E-state index in [1.54, 1.807) is 12.1 Å². The van der Waals surface area contributed by atoms with Crippen LogP contribution in [0.15, 0.2) is 22.7 Å². The van der Waals surface area contributed by atoms with Crippen LogP contribution < -0.4 is 5.73 Å². The third kappa shape index (κ3) is 3.90. The molecular weight excluding hydrogens is 277 g/mol. The Hall–Kier alpha value is -0.940. The van der Waals surface area contributed by atoms with Crippen LogP contribution in [0.1, 0.15) is 11.1 Å². The first-order chi connectivity index (χ1) is 7.52. The lowest BCUT2D eigenvalue weighted by molar-refractivity contribution is -0.138. The molecule has 0 aliphatic carbocycles. The van der Waals surface area contributed by atoms with Gasteiger partial charge in [-0.05, 0) is 29.7 Å². The van der Waals surface area contributed by atoms with Crippen molar-refractivity contribution in [1.29, 1.82) is 0 Å². The number of aliphatic carboxylic acids is 1. The molecular formula is C11H13BrFNO2. The number of benzene rings is 1. The van der Waals surface area contributed by atoms with E-state index in [2.05, 4.69) is 15.9 Å². The summed E-state index contributed by atoms with van der Waals surface area (Å²) in [7, 11) is 0. The van der Waals surface area contributed by atoms with Gasteiger partial charge in [-0.3, -0.25) is 9.18 Å². The van der Waals surface area contributed by atoms with Gasteiger partial charge in [-0.2, -0.15) is 0 Å². The number of aryl methyl sites for hydroxylation is 1. The molecule has 0 amide bonds. The molecule has 0 saturated carbocycles. The minimum absolute atomic E-state index is 0.244. The van der Waals surface area contributed by atoms with E-state index >= 15 is 0 Å². The monoisotopic (exact) mass is 289 g/mol. The maximum absolute atomic E-state index is 12.2. The van der Waals surface area contributed by atoms with Crippen LogP contribution in [0.3, 0.4) is 0 Å². The van der Waals surface area contributed by atoms with E-state index in [0.29, 0.717) is 6.42 Å². The summed E-state index contributed by atoms with van der Waals surface area (Å²) in [5, 5.41) is 8.69. The van der Waals surface area contributed by atoms with E-state index in [-0.39, 0.29) is 6.42 Å². The lowest BCUT2D eigenvalue weighted by Gasteiger charge is -2.08. The van der Waals surface area contributed by atoms with Gasteiger partial charge in [0.2, 0.25) is 0 Å². The lowest BCUT2D eigenvalue weighted by Crippen LogP contribution is -2.32. The number of carbonyl (C=O) groups is 1. The molecule has 1 unspecified atom stereocenters. The van der Waals surface area contributed by atoms with Gasteiger partial charge in [-0.1, -0.05) is 22.0 Å². The highest BCUT2D eigenvalue weighted by Crippen LogP contribution is 2.17. The Morgan fingerprint density at radius 2 is 2.06 bits per heavy atom. The van der Waals surface area contributed by atoms with Crippen molar-refractivity contribution in [3.8, 4) is 0 Å². The number of nitrogens with two attached hydrogens (primary N) is 1. The first-order valence-electron chi connectivity index (χ1n) is 4.85. The lowest BCUT2D eigenvalue weighted by atomic mass is 10.0. The van der Waals surface area contributed by atoms with Crippen LogP contribution in [0.2, 0.25) is 0 Å². The molecule has 0 aromatic heterocycles. The Bertz CT molecular complexity index is 384. The minimum Gasteiger partial charge on any atom is -0.480 e. The Morgan fingerprint density at radius 1 is 1.44 bits per heavy atom. The molecule has 1 aromatic carbocycles. The molecule has 1 atom stereocenters. The van der Waals surface area contributed by atoms with Crippen molar-refractivity contribution in [3.05, 3.63) is 33.8 Å². The van der Waals surface area contributed by atoms with Gasteiger partial charge < -0.3 is 10.8 Å². The van der Waals surface area contributed by atoms with Gasteiger partial charge in [0, 0.05) is 10.9 Å². The van der Waals surface area contributed by atoms with Gasteiger partial charge in [0.15, 0.2) is 0 Å². The van der Waals surface area contributed by atoms with Gasteiger partial charge in [0.1, 0.15) is 6.04 Å². The average Bonchev–Trinajstić information content (AvgIpc) is 2.16. The molecule has 0 bridgehead atoms. The fourth-order valence-corrected chi connectivity index (χ4v) is 2.02. The summed E-state index contributed by atoms with van der Waals surface area (Å²) >= 11 is 3.30. The molecule has 0 spiro atoms. The molecule has 16 heavy (non-hydrogen) atoms. The van der Waals surface area contributed by atoms with Gasteiger partial charge in [-0.25, -0.2) is 0 Å². The summed E-state index contributed by atoms with van der Waals surface area (Å²) in [6.07, 6.45) is 0.572. The van der Waals surface area contributed by atoms with Crippen LogP contribution >= 0.6 is 15.9 Å². The maximum Gasteiger partial charge on any atom is 0.320 e. The van der Waals surface area contributed by atoms with Crippen molar-refractivity contribution in [1.82, 2.24) is 0 Å². The highest BCUT2D eigenvalue weighted by atomic mass is 79.9. The highest BCUT2D eigenvalue weighted by molar-refractivity contribution is 9.10.